The Balaban J connectivity index is 1.47. The fourth-order valence-electron chi connectivity index (χ4n) is 4.88. The second-order valence-electron chi connectivity index (χ2n) is 8.05. The molecule has 146 valence electrons. The van der Waals surface area contributed by atoms with Crippen molar-refractivity contribution in [2.45, 2.75) is 57.7 Å². The highest BCUT2D eigenvalue weighted by molar-refractivity contribution is 6.02. The molecule has 4 nitrogen and oxygen atoms in total. The van der Waals surface area contributed by atoms with Crippen LogP contribution in [-0.2, 0) is 0 Å². The summed E-state index contributed by atoms with van der Waals surface area (Å²) in [6, 6.07) is 17.1. The fraction of sp³-hybridized carbons (Fsp3) is 0.458. The quantitative estimate of drug-likeness (QED) is 0.703. The van der Waals surface area contributed by atoms with Crippen LogP contribution in [0.1, 0.15) is 62.6 Å². The SMILES string of the molecule is CCOc1ccc(C2=NN3[C@@H](C2)c2ccccc2O[C@H]3C2CCCCC2)cc1. The van der Waals surface area contributed by atoms with Crippen LogP contribution in [0, 0.1) is 5.92 Å². The predicted octanol–water partition coefficient (Wildman–Crippen LogP) is 5.54. The third kappa shape index (κ3) is 3.15. The highest BCUT2D eigenvalue weighted by Gasteiger charge is 2.43. The molecule has 4 heteroatoms. The Morgan fingerprint density at radius 1 is 1.04 bits per heavy atom. The number of hydrazone groups is 1. The highest BCUT2D eigenvalue weighted by Crippen LogP contribution is 2.46. The Morgan fingerprint density at radius 2 is 1.82 bits per heavy atom. The molecule has 2 heterocycles. The van der Waals surface area contributed by atoms with E-state index in [9.17, 15) is 0 Å². The molecule has 1 fully saturated rings. The van der Waals surface area contributed by atoms with Crippen LogP contribution in [0.5, 0.6) is 11.5 Å². The number of benzene rings is 2. The van der Waals surface area contributed by atoms with Gasteiger partial charge in [-0.05, 0) is 55.7 Å². The van der Waals surface area contributed by atoms with Crippen LogP contribution >= 0.6 is 0 Å². The van der Waals surface area contributed by atoms with Gasteiger partial charge in [-0.3, -0.25) is 0 Å². The van der Waals surface area contributed by atoms with Crippen molar-refractivity contribution in [3.63, 3.8) is 0 Å². The predicted molar refractivity (Wildman–Crippen MR) is 111 cm³/mol. The largest absolute Gasteiger partial charge is 0.494 e. The molecule has 3 aliphatic rings. The van der Waals surface area contributed by atoms with Crippen molar-refractivity contribution in [2.75, 3.05) is 6.61 Å². The van der Waals surface area contributed by atoms with Crippen LogP contribution in [0.3, 0.4) is 0 Å². The molecule has 0 radical (unpaired) electrons. The minimum atomic E-state index is 0.0559. The van der Waals surface area contributed by atoms with Crippen LogP contribution in [0.2, 0.25) is 0 Å². The zero-order chi connectivity index (χ0) is 18.9. The van der Waals surface area contributed by atoms with E-state index in [1.54, 1.807) is 0 Å². The molecule has 0 bridgehead atoms. The number of nitrogens with zero attached hydrogens (tertiary/aromatic N) is 2. The Bertz CT molecular complexity index is 855. The molecule has 2 aromatic rings. The first kappa shape index (κ1) is 17.6. The molecule has 0 amide bonds. The molecule has 5 rings (SSSR count). The molecule has 2 aliphatic heterocycles. The Kier molecular flexibility index (Phi) is 4.71. The van der Waals surface area contributed by atoms with Gasteiger partial charge in [0.2, 0.25) is 0 Å². The summed E-state index contributed by atoms with van der Waals surface area (Å²) in [5, 5.41) is 7.36. The van der Waals surface area contributed by atoms with Crippen LogP contribution in [0.25, 0.3) is 0 Å². The second-order valence-corrected chi connectivity index (χ2v) is 8.05. The molecule has 1 aliphatic carbocycles. The van der Waals surface area contributed by atoms with Gasteiger partial charge in [-0.2, -0.15) is 5.10 Å². The van der Waals surface area contributed by atoms with Crippen molar-refractivity contribution in [3.8, 4) is 11.5 Å². The Hall–Kier alpha value is -2.49. The minimum absolute atomic E-state index is 0.0559. The van der Waals surface area contributed by atoms with Gasteiger partial charge in [0, 0.05) is 17.9 Å². The maximum atomic E-state index is 6.52. The molecular formula is C24H28N2O2. The van der Waals surface area contributed by atoms with Crippen molar-refractivity contribution in [3.05, 3.63) is 59.7 Å². The van der Waals surface area contributed by atoms with E-state index in [0.717, 1.165) is 23.6 Å². The number of ether oxygens (including phenoxy) is 2. The molecule has 0 saturated heterocycles. The zero-order valence-electron chi connectivity index (χ0n) is 16.5. The lowest BCUT2D eigenvalue weighted by Crippen LogP contribution is -2.45. The van der Waals surface area contributed by atoms with Crippen molar-refractivity contribution in [1.29, 1.82) is 0 Å². The van der Waals surface area contributed by atoms with Crippen LogP contribution in [0.4, 0.5) is 0 Å². The molecule has 0 spiro atoms. The molecule has 2 aromatic carbocycles. The zero-order valence-corrected chi connectivity index (χ0v) is 16.5. The van der Waals surface area contributed by atoms with Crippen molar-refractivity contribution in [2.24, 2.45) is 11.0 Å². The maximum Gasteiger partial charge on any atom is 0.190 e. The van der Waals surface area contributed by atoms with E-state index in [4.69, 9.17) is 14.6 Å². The monoisotopic (exact) mass is 376 g/mol. The number of rotatable bonds is 4. The van der Waals surface area contributed by atoms with Gasteiger partial charge in [-0.1, -0.05) is 37.5 Å². The van der Waals surface area contributed by atoms with Gasteiger partial charge in [0.05, 0.1) is 18.4 Å². The number of fused-ring (bicyclic) bond motifs is 3. The van der Waals surface area contributed by atoms with E-state index in [0.29, 0.717) is 12.5 Å². The third-order valence-corrected chi connectivity index (χ3v) is 6.28. The van der Waals surface area contributed by atoms with Gasteiger partial charge in [0.15, 0.2) is 6.23 Å². The van der Waals surface area contributed by atoms with Crippen molar-refractivity contribution < 1.29 is 9.47 Å². The van der Waals surface area contributed by atoms with Crippen LogP contribution < -0.4 is 9.47 Å². The second kappa shape index (κ2) is 7.50. The van der Waals surface area contributed by atoms with Gasteiger partial charge < -0.3 is 9.47 Å². The van der Waals surface area contributed by atoms with Crippen LogP contribution in [0.15, 0.2) is 53.6 Å². The lowest BCUT2D eigenvalue weighted by Gasteiger charge is -2.42. The summed E-state index contributed by atoms with van der Waals surface area (Å²) in [6.07, 6.45) is 7.43. The van der Waals surface area contributed by atoms with E-state index >= 15 is 0 Å². The van der Waals surface area contributed by atoms with Crippen molar-refractivity contribution >= 4 is 5.71 Å². The van der Waals surface area contributed by atoms with E-state index in [1.807, 2.05) is 19.1 Å². The topological polar surface area (TPSA) is 34.1 Å². The van der Waals surface area contributed by atoms with E-state index < -0.39 is 0 Å². The number of para-hydroxylation sites is 1. The normalized spacial score (nSPS) is 24.2. The summed E-state index contributed by atoms with van der Waals surface area (Å²) < 4.78 is 12.1. The molecule has 0 unspecified atom stereocenters. The van der Waals surface area contributed by atoms with Gasteiger partial charge in [-0.25, -0.2) is 5.01 Å². The van der Waals surface area contributed by atoms with Gasteiger partial charge in [-0.15, -0.1) is 0 Å². The first-order valence-corrected chi connectivity index (χ1v) is 10.7. The maximum absolute atomic E-state index is 6.52. The molecule has 28 heavy (non-hydrogen) atoms. The first-order chi connectivity index (χ1) is 13.8. The average Bonchev–Trinajstić information content (AvgIpc) is 3.20. The summed E-state index contributed by atoms with van der Waals surface area (Å²) in [7, 11) is 0. The Labute approximate surface area is 167 Å². The average molecular weight is 377 g/mol. The van der Waals surface area contributed by atoms with E-state index in [-0.39, 0.29) is 12.3 Å². The number of hydrogen-bond donors (Lipinski definition) is 0. The highest BCUT2D eigenvalue weighted by atomic mass is 16.5. The summed E-state index contributed by atoms with van der Waals surface area (Å²) in [5.74, 6) is 2.52. The molecule has 2 atom stereocenters. The molecular weight excluding hydrogens is 348 g/mol. The minimum Gasteiger partial charge on any atom is -0.494 e. The standard InChI is InChI=1S/C24H28N2O2/c1-2-27-19-14-12-17(13-15-19)21-16-22-20-10-6-7-11-23(20)28-24(26(22)25-21)18-8-4-3-5-9-18/h6-7,10-15,18,22,24H,2-5,8-9,16H2,1H3/t22-,24-/m0/s1. The van der Waals surface area contributed by atoms with Crippen LogP contribution in [-0.4, -0.2) is 23.6 Å². The lowest BCUT2D eigenvalue weighted by molar-refractivity contribution is -0.0643. The molecule has 0 aromatic heterocycles. The smallest absolute Gasteiger partial charge is 0.190 e. The van der Waals surface area contributed by atoms with E-state index in [2.05, 4.69) is 41.4 Å². The first-order valence-electron chi connectivity index (χ1n) is 10.7. The third-order valence-electron chi connectivity index (χ3n) is 6.28. The molecule has 1 saturated carbocycles. The fourth-order valence-corrected chi connectivity index (χ4v) is 4.88. The summed E-state index contributed by atoms with van der Waals surface area (Å²) in [6.45, 7) is 2.70. The summed E-state index contributed by atoms with van der Waals surface area (Å²) >= 11 is 0. The number of hydrogen-bond acceptors (Lipinski definition) is 4. The molecule has 0 N–H and O–H groups in total. The van der Waals surface area contributed by atoms with E-state index in [1.165, 1.54) is 43.2 Å². The van der Waals surface area contributed by atoms with Gasteiger partial charge in [0.25, 0.3) is 0 Å². The lowest BCUT2D eigenvalue weighted by atomic mass is 9.86. The van der Waals surface area contributed by atoms with Gasteiger partial charge in [0.1, 0.15) is 11.5 Å². The summed E-state index contributed by atoms with van der Waals surface area (Å²) in [4.78, 5) is 0. The summed E-state index contributed by atoms with van der Waals surface area (Å²) in [5.41, 5.74) is 3.59. The Morgan fingerprint density at radius 3 is 2.61 bits per heavy atom. The van der Waals surface area contributed by atoms with Gasteiger partial charge >= 0.3 is 0 Å². The van der Waals surface area contributed by atoms with Crippen molar-refractivity contribution in [1.82, 2.24) is 5.01 Å².